The SMILES string of the molecule is Cc1ccc(NC(=O)CN(C)C(C)c2cccc(Cl)c2)c(Br)c1. The van der Waals surface area contributed by atoms with E-state index in [2.05, 4.69) is 28.2 Å². The molecular formula is C18H20BrClN2O. The Morgan fingerprint density at radius 1 is 1.30 bits per heavy atom. The van der Waals surface area contributed by atoms with Crippen molar-refractivity contribution >= 4 is 39.1 Å². The molecule has 2 aromatic carbocycles. The molecule has 0 bridgehead atoms. The molecule has 0 spiro atoms. The van der Waals surface area contributed by atoms with Crippen LogP contribution in [0, 0.1) is 6.92 Å². The van der Waals surface area contributed by atoms with Gasteiger partial charge in [0.2, 0.25) is 5.91 Å². The number of hydrogen-bond acceptors (Lipinski definition) is 2. The molecular weight excluding hydrogens is 376 g/mol. The van der Waals surface area contributed by atoms with Crippen LogP contribution in [0.4, 0.5) is 5.69 Å². The van der Waals surface area contributed by atoms with Gasteiger partial charge in [-0.25, -0.2) is 0 Å². The lowest BCUT2D eigenvalue weighted by Gasteiger charge is -2.24. The molecule has 0 saturated carbocycles. The first-order chi connectivity index (χ1) is 10.9. The predicted octanol–water partition coefficient (Wildman–Crippen LogP) is 5.04. The second-order valence-electron chi connectivity index (χ2n) is 5.68. The zero-order valence-electron chi connectivity index (χ0n) is 13.4. The fraction of sp³-hybridized carbons (Fsp3) is 0.278. The van der Waals surface area contributed by atoms with E-state index in [0.717, 1.165) is 21.3 Å². The van der Waals surface area contributed by atoms with Crippen molar-refractivity contribution in [2.24, 2.45) is 0 Å². The summed E-state index contributed by atoms with van der Waals surface area (Å²) < 4.78 is 0.886. The predicted molar refractivity (Wildman–Crippen MR) is 100 cm³/mol. The molecule has 0 aliphatic rings. The minimum atomic E-state index is -0.0501. The van der Waals surface area contributed by atoms with Crippen LogP contribution in [0.15, 0.2) is 46.9 Å². The van der Waals surface area contributed by atoms with Crippen LogP contribution in [-0.2, 0) is 4.79 Å². The highest BCUT2D eigenvalue weighted by Crippen LogP contribution is 2.24. The van der Waals surface area contributed by atoms with Gasteiger partial charge in [-0.15, -0.1) is 0 Å². The van der Waals surface area contributed by atoms with E-state index >= 15 is 0 Å². The minimum absolute atomic E-state index is 0.0501. The Kier molecular flexibility index (Phi) is 6.22. The van der Waals surface area contributed by atoms with E-state index in [0.29, 0.717) is 11.6 Å². The first kappa shape index (κ1) is 18.0. The Hall–Kier alpha value is -1.36. The summed E-state index contributed by atoms with van der Waals surface area (Å²) in [5.41, 5.74) is 3.01. The van der Waals surface area contributed by atoms with Gasteiger partial charge in [0.25, 0.3) is 0 Å². The maximum absolute atomic E-state index is 12.3. The fourth-order valence-corrected chi connectivity index (χ4v) is 3.09. The van der Waals surface area contributed by atoms with Crippen LogP contribution in [0.25, 0.3) is 0 Å². The summed E-state index contributed by atoms with van der Waals surface area (Å²) in [6, 6.07) is 13.7. The number of carbonyl (C=O) groups is 1. The minimum Gasteiger partial charge on any atom is -0.324 e. The van der Waals surface area contributed by atoms with Crippen LogP contribution in [0.2, 0.25) is 5.02 Å². The van der Waals surface area contributed by atoms with Crippen molar-refractivity contribution in [3.8, 4) is 0 Å². The van der Waals surface area contributed by atoms with E-state index in [-0.39, 0.29) is 11.9 Å². The molecule has 122 valence electrons. The van der Waals surface area contributed by atoms with E-state index in [1.165, 1.54) is 0 Å². The summed E-state index contributed by atoms with van der Waals surface area (Å²) in [6.45, 7) is 4.37. The van der Waals surface area contributed by atoms with Gasteiger partial charge in [0.15, 0.2) is 0 Å². The average Bonchev–Trinajstić information content (AvgIpc) is 2.49. The van der Waals surface area contributed by atoms with E-state index < -0.39 is 0 Å². The highest BCUT2D eigenvalue weighted by molar-refractivity contribution is 9.10. The van der Waals surface area contributed by atoms with Gasteiger partial charge in [0.1, 0.15) is 0 Å². The summed E-state index contributed by atoms with van der Waals surface area (Å²) in [7, 11) is 1.93. The third kappa shape index (κ3) is 5.06. The standard InChI is InChI=1S/C18H20BrClN2O/c1-12-7-8-17(16(19)9-12)21-18(23)11-22(3)13(2)14-5-4-6-15(20)10-14/h4-10,13H,11H2,1-3H3,(H,21,23). The molecule has 2 aromatic rings. The van der Waals surface area contributed by atoms with Gasteiger partial charge in [0, 0.05) is 15.5 Å². The lowest BCUT2D eigenvalue weighted by atomic mass is 10.1. The molecule has 1 N–H and O–H groups in total. The van der Waals surface area contributed by atoms with Crippen molar-refractivity contribution in [3.05, 3.63) is 63.1 Å². The van der Waals surface area contributed by atoms with E-state index in [9.17, 15) is 4.79 Å². The molecule has 0 aromatic heterocycles. The molecule has 1 amide bonds. The van der Waals surface area contributed by atoms with Crippen LogP contribution in [0.3, 0.4) is 0 Å². The molecule has 0 saturated heterocycles. The van der Waals surface area contributed by atoms with Gasteiger partial charge >= 0.3 is 0 Å². The van der Waals surface area contributed by atoms with Crippen molar-refractivity contribution in [2.75, 3.05) is 18.9 Å². The number of nitrogens with zero attached hydrogens (tertiary/aromatic N) is 1. The summed E-state index contributed by atoms with van der Waals surface area (Å²) >= 11 is 9.51. The quantitative estimate of drug-likeness (QED) is 0.769. The maximum atomic E-state index is 12.3. The van der Waals surface area contributed by atoms with Gasteiger partial charge in [-0.1, -0.05) is 29.8 Å². The fourth-order valence-electron chi connectivity index (χ4n) is 2.30. The largest absolute Gasteiger partial charge is 0.324 e. The molecule has 0 aliphatic heterocycles. The normalized spacial score (nSPS) is 12.3. The topological polar surface area (TPSA) is 32.3 Å². The van der Waals surface area contributed by atoms with Crippen LogP contribution in [0.5, 0.6) is 0 Å². The molecule has 3 nitrogen and oxygen atoms in total. The number of nitrogens with one attached hydrogen (secondary N) is 1. The Balaban J connectivity index is 1.99. The van der Waals surface area contributed by atoms with Crippen molar-refractivity contribution in [1.29, 1.82) is 0 Å². The summed E-state index contributed by atoms with van der Waals surface area (Å²) in [5, 5.41) is 3.64. The van der Waals surface area contributed by atoms with E-state index in [1.807, 2.05) is 61.3 Å². The zero-order chi connectivity index (χ0) is 17.0. The number of benzene rings is 2. The molecule has 5 heteroatoms. The van der Waals surface area contributed by atoms with Gasteiger partial charge in [0.05, 0.1) is 12.2 Å². The second kappa shape index (κ2) is 7.95. The number of rotatable bonds is 5. The molecule has 1 atom stereocenters. The number of likely N-dealkylation sites (N-methyl/N-ethyl adjacent to an activating group) is 1. The molecule has 0 fully saturated rings. The Morgan fingerprint density at radius 2 is 2.04 bits per heavy atom. The van der Waals surface area contributed by atoms with Gasteiger partial charge in [-0.05, 0) is 72.2 Å². The summed E-state index contributed by atoms with van der Waals surface area (Å²) in [6.07, 6.45) is 0. The van der Waals surface area contributed by atoms with Gasteiger partial charge < -0.3 is 5.32 Å². The van der Waals surface area contributed by atoms with Gasteiger partial charge in [-0.3, -0.25) is 9.69 Å². The summed E-state index contributed by atoms with van der Waals surface area (Å²) in [5.74, 6) is -0.0501. The third-order valence-corrected chi connectivity index (χ3v) is 4.68. The molecule has 1 unspecified atom stereocenters. The lowest BCUT2D eigenvalue weighted by molar-refractivity contribution is -0.117. The molecule has 2 rings (SSSR count). The molecule has 0 heterocycles. The highest BCUT2D eigenvalue weighted by atomic mass is 79.9. The van der Waals surface area contributed by atoms with Gasteiger partial charge in [-0.2, -0.15) is 0 Å². The van der Waals surface area contributed by atoms with E-state index in [4.69, 9.17) is 11.6 Å². The molecule has 0 aliphatic carbocycles. The van der Waals surface area contributed by atoms with Crippen LogP contribution < -0.4 is 5.32 Å². The number of hydrogen-bond donors (Lipinski definition) is 1. The Morgan fingerprint density at radius 3 is 2.70 bits per heavy atom. The maximum Gasteiger partial charge on any atom is 0.238 e. The lowest BCUT2D eigenvalue weighted by Crippen LogP contribution is -2.32. The smallest absolute Gasteiger partial charge is 0.238 e. The second-order valence-corrected chi connectivity index (χ2v) is 6.97. The number of amides is 1. The van der Waals surface area contributed by atoms with Crippen molar-refractivity contribution < 1.29 is 4.79 Å². The Bertz CT molecular complexity index is 705. The van der Waals surface area contributed by atoms with Crippen molar-refractivity contribution in [3.63, 3.8) is 0 Å². The van der Waals surface area contributed by atoms with Crippen molar-refractivity contribution in [1.82, 2.24) is 4.90 Å². The van der Waals surface area contributed by atoms with E-state index in [1.54, 1.807) is 0 Å². The zero-order valence-corrected chi connectivity index (χ0v) is 15.8. The molecule has 23 heavy (non-hydrogen) atoms. The molecule has 0 radical (unpaired) electrons. The number of aryl methyl sites for hydroxylation is 1. The average molecular weight is 396 g/mol. The van der Waals surface area contributed by atoms with Crippen LogP contribution in [0.1, 0.15) is 24.1 Å². The number of halogens is 2. The third-order valence-electron chi connectivity index (χ3n) is 3.78. The first-order valence-corrected chi connectivity index (χ1v) is 8.55. The first-order valence-electron chi connectivity index (χ1n) is 7.38. The Labute approximate surface area is 150 Å². The highest BCUT2D eigenvalue weighted by Gasteiger charge is 2.15. The van der Waals surface area contributed by atoms with Crippen molar-refractivity contribution in [2.45, 2.75) is 19.9 Å². The van der Waals surface area contributed by atoms with Crippen LogP contribution in [-0.4, -0.2) is 24.4 Å². The number of carbonyl (C=O) groups excluding carboxylic acids is 1. The number of anilines is 1. The monoisotopic (exact) mass is 394 g/mol. The van der Waals surface area contributed by atoms with Crippen LogP contribution >= 0.6 is 27.5 Å². The summed E-state index contributed by atoms with van der Waals surface area (Å²) in [4.78, 5) is 14.3.